The van der Waals surface area contributed by atoms with Crippen LogP contribution in [0.15, 0.2) is 11.2 Å². The standard InChI is InChI=1S/C12H19N5O2/c1-7-5-10(9(3)15-14-7)12(18)17(4)8(2)6-11(13)16-19/h5,8,19H,6H2,1-4H3,(H2,13,16). The fourth-order valence-corrected chi connectivity index (χ4v) is 1.64. The van der Waals surface area contributed by atoms with Gasteiger partial charge in [-0.05, 0) is 26.8 Å². The molecule has 104 valence electrons. The first-order valence-corrected chi connectivity index (χ1v) is 5.91. The predicted molar refractivity (Wildman–Crippen MR) is 71.1 cm³/mol. The van der Waals surface area contributed by atoms with Crippen molar-refractivity contribution < 1.29 is 10.0 Å². The highest BCUT2D eigenvalue weighted by Gasteiger charge is 2.21. The lowest BCUT2D eigenvalue weighted by Crippen LogP contribution is -2.38. The van der Waals surface area contributed by atoms with Crippen LogP contribution in [-0.2, 0) is 0 Å². The molecule has 0 saturated carbocycles. The summed E-state index contributed by atoms with van der Waals surface area (Å²) in [6, 6.07) is 1.52. The van der Waals surface area contributed by atoms with E-state index in [2.05, 4.69) is 15.4 Å². The number of nitrogens with zero attached hydrogens (tertiary/aromatic N) is 4. The molecular weight excluding hydrogens is 246 g/mol. The van der Waals surface area contributed by atoms with Gasteiger partial charge in [0.1, 0.15) is 5.84 Å². The Kier molecular flexibility index (Phi) is 4.80. The summed E-state index contributed by atoms with van der Waals surface area (Å²) in [5, 5.41) is 19.3. The molecule has 7 heteroatoms. The largest absolute Gasteiger partial charge is 0.409 e. The third kappa shape index (κ3) is 3.64. The molecule has 19 heavy (non-hydrogen) atoms. The number of amides is 1. The lowest BCUT2D eigenvalue weighted by Gasteiger charge is -2.25. The molecule has 0 aliphatic heterocycles. The van der Waals surface area contributed by atoms with E-state index in [1.165, 1.54) is 0 Å². The molecular formula is C12H19N5O2. The number of aryl methyl sites for hydroxylation is 2. The van der Waals surface area contributed by atoms with E-state index in [9.17, 15) is 4.79 Å². The van der Waals surface area contributed by atoms with Crippen molar-refractivity contribution in [2.75, 3.05) is 7.05 Å². The zero-order chi connectivity index (χ0) is 14.6. The second-order valence-electron chi connectivity index (χ2n) is 4.55. The third-order valence-electron chi connectivity index (χ3n) is 2.95. The fraction of sp³-hybridized carbons (Fsp3) is 0.500. The highest BCUT2D eigenvalue weighted by atomic mass is 16.4. The van der Waals surface area contributed by atoms with E-state index in [0.29, 0.717) is 23.4 Å². The molecule has 1 heterocycles. The van der Waals surface area contributed by atoms with Gasteiger partial charge in [-0.3, -0.25) is 4.79 Å². The van der Waals surface area contributed by atoms with Crippen LogP contribution in [-0.4, -0.2) is 45.1 Å². The average molecular weight is 265 g/mol. The summed E-state index contributed by atoms with van der Waals surface area (Å²) >= 11 is 0. The predicted octanol–water partition coefficient (Wildman–Crippen LogP) is 0.690. The Morgan fingerprint density at radius 3 is 2.74 bits per heavy atom. The topological polar surface area (TPSA) is 105 Å². The smallest absolute Gasteiger partial charge is 0.255 e. The highest BCUT2D eigenvalue weighted by Crippen LogP contribution is 2.12. The number of oxime groups is 1. The molecule has 1 amide bonds. The first-order valence-electron chi connectivity index (χ1n) is 5.91. The van der Waals surface area contributed by atoms with Gasteiger partial charge < -0.3 is 15.8 Å². The molecule has 0 bridgehead atoms. The van der Waals surface area contributed by atoms with E-state index >= 15 is 0 Å². The van der Waals surface area contributed by atoms with Crippen LogP contribution in [0.25, 0.3) is 0 Å². The molecule has 1 rings (SSSR count). The van der Waals surface area contributed by atoms with Crippen molar-refractivity contribution in [3.8, 4) is 0 Å². The van der Waals surface area contributed by atoms with E-state index < -0.39 is 0 Å². The molecule has 0 aromatic carbocycles. The van der Waals surface area contributed by atoms with E-state index in [1.807, 2.05) is 6.92 Å². The number of carbonyl (C=O) groups excluding carboxylic acids is 1. The zero-order valence-electron chi connectivity index (χ0n) is 11.6. The SMILES string of the molecule is Cc1cc(C(=O)N(C)C(C)C/C(N)=N/O)c(C)nn1. The quantitative estimate of drug-likeness (QED) is 0.361. The molecule has 1 atom stereocenters. The Morgan fingerprint density at radius 1 is 1.53 bits per heavy atom. The molecule has 0 aliphatic carbocycles. The van der Waals surface area contributed by atoms with Gasteiger partial charge in [-0.25, -0.2) is 0 Å². The Labute approximate surface area is 112 Å². The van der Waals surface area contributed by atoms with Crippen LogP contribution < -0.4 is 5.73 Å². The summed E-state index contributed by atoms with van der Waals surface area (Å²) in [6.07, 6.45) is 0.301. The molecule has 0 saturated heterocycles. The molecule has 1 unspecified atom stereocenters. The zero-order valence-corrected chi connectivity index (χ0v) is 11.6. The van der Waals surface area contributed by atoms with Gasteiger partial charge in [-0.1, -0.05) is 5.16 Å². The molecule has 0 aliphatic rings. The summed E-state index contributed by atoms with van der Waals surface area (Å²) in [5.74, 6) is -0.0679. The lowest BCUT2D eigenvalue weighted by atomic mass is 10.1. The van der Waals surface area contributed by atoms with Crippen LogP contribution in [0.3, 0.4) is 0 Å². The minimum absolute atomic E-state index is 0.0907. The Bertz CT molecular complexity index is 501. The first-order chi connectivity index (χ1) is 8.86. The summed E-state index contributed by atoms with van der Waals surface area (Å²) in [5.41, 5.74) is 7.23. The van der Waals surface area contributed by atoms with Crippen LogP contribution in [0, 0.1) is 13.8 Å². The van der Waals surface area contributed by atoms with Crippen LogP contribution >= 0.6 is 0 Å². The van der Waals surface area contributed by atoms with Gasteiger partial charge in [-0.2, -0.15) is 10.2 Å². The normalized spacial score (nSPS) is 13.2. The minimum Gasteiger partial charge on any atom is -0.409 e. The molecule has 0 spiro atoms. The van der Waals surface area contributed by atoms with Gasteiger partial charge in [0.2, 0.25) is 0 Å². The van der Waals surface area contributed by atoms with E-state index in [-0.39, 0.29) is 17.8 Å². The van der Waals surface area contributed by atoms with Crippen molar-refractivity contribution in [3.63, 3.8) is 0 Å². The lowest BCUT2D eigenvalue weighted by molar-refractivity contribution is 0.0745. The number of carbonyl (C=O) groups is 1. The Morgan fingerprint density at radius 2 is 2.16 bits per heavy atom. The van der Waals surface area contributed by atoms with Gasteiger partial charge in [0.25, 0.3) is 5.91 Å². The second kappa shape index (κ2) is 6.12. The fourth-order valence-electron chi connectivity index (χ4n) is 1.64. The van der Waals surface area contributed by atoms with Crippen LogP contribution in [0.5, 0.6) is 0 Å². The molecule has 3 N–H and O–H groups in total. The van der Waals surface area contributed by atoms with Gasteiger partial charge in [-0.15, -0.1) is 0 Å². The van der Waals surface area contributed by atoms with Crippen molar-refractivity contribution in [2.24, 2.45) is 10.9 Å². The molecule has 0 fully saturated rings. The number of amidine groups is 1. The monoisotopic (exact) mass is 265 g/mol. The highest BCUT2D eigenvalue weighted by molar-refractivity contribution is 5.95. The number of rotatable bonds is 4. The third-order valence-corrected chi connectivity index (χ3v) is 2.95. The van der Waals surface area contributed by atoms with Crippen LogP contribution in [0.4, 0.5) is 0 Å². The first kappa shape index (κ1) is 14.9. The number of nitrogens with two attached hydrogens (primary N) is 1. The van der Waals surface area contributed by atoms with Crippen LogP contribution in [0.1, 0.15) is 35.1 Å². The van der Waals surface area contributed by atoms with E-state index in [0.717, 1.165) is 0 Å². The maximum atomic E-state index is 12.3. The van der Waals surface area contributed by atoms with Crippen molar-refractivity contribution in [1.82, 2.24) is 15.1 Å². The van der Waals surface area contributed by atoms with E-state index in [4.69, 9.17) is 10.9 Å². The number of aromatic nitrogens is 2. The molecule has 1 aromatic heterocycles. The number of hydrogen-bond donors (Lipinski definition) is 2. The Hall–Kier alpha value is -2.18. The molecule has 7 nitrogen and oxygen atoms in total. The minimum atomic E-state index is -0.184. The maximum Gasteiger partial charge on any atom is 0.255 e. The van der Waals surface area contributed by atoms with Gasteiger partial charge in [0, 0.05) is 19.5 Å². The second-order valence-corrected chi connectivity index (χ2v) is 4.55. The van der Waals surface area contributed by atoms with Crippen molar-refractivity contribution >= 4 is 11.7 Å². The summed E-state index contributed by atoms with van der Waals surface area (Å²) in [6.45, 7) is 5.34. The van der Waals surface area contributed by atoms with Crippen LogP contribution in [0.2, 0.25) is 0 Å². The van der Waals surface area contributed by atoms with E-state index in [1.54, 1.807) is 31.9 Å². The van der Waals surface area contributed by atoms with Crippen molar-refractivity contribution in [1.29, 1.82) is 0 Å². The summed E-state index contributed by atoms with van der Waals surface area (Å²) < 4.78 is 0. The molecule has 0 radical (unpaired) electrons. The average Bonchev–Trinajstić information content (AvgIpc) is 2.39. The Balaban J connectivity index is 2.90. The van der Waals surface area contributed by atoms with Crippen molar-refractivity contribution in [2.45, 2.75) is 33.2 Å². The van der Waals surface area contributed by atoms with Crippen molar-refractivity contribution in [3.05, 3.63) is 23.0 Å². The molecule has 1 aromatic rings. The summed E-state index contributed by atoms with van der Waals surface area (Å²) in [4.78, 5) is 13.9. The number of hydrogen-bond acceptors (Lipinski definition) is 5. The van der Waals surface area contributed by atoms with Gasteiger partial charge in [0.15, 0.2) is 0 Å². The summed E-state index contributed by atoms with van der Waals surface area (Å²) in [7, 11) is 1.67. The van der Waals surface area contributed by atoms with Gasteiger partial charge >= 0.3 is 0 Å². The van der Waals surface area contributed by atoms with Gasteiger partial charge in [0.05, 0.1) is 17.0 Å². The maximum absolute atomic E-state index is 12.3.